The molecule has 0 unspecified atom stereocenters. The summed E-state index contributed by atoms with van der Waals surface area (Å²) in [6.07, 6.45) is 0.0991. The van der Waals surface area contributed by atoms with Crippen molar-refractivity contribution in [3.05, 3.63) is 75.3 Å². The Morgan fingerprint density at radius 3 is 2.26 bits per heavy atom. The lowest BCUT2D eigenvalue weighted by molar-refractivity contribution is -0.384. The number of nitro benzene ring substituents is 1. The van der Waals surface area contributed by atoms with Crippen LogP contribution in [0.15, 0.2) is 48.5 Å². The summed E-state index contributed by atoms with van der Waals surface area (Å²) >= 11 is 0. The van der Waals surface area contributed by atoms with Crippen LogP contribution >= 0.6 is 0 Å². The maximum Gasteiger partial charge on any atom is 0.338 e. The van der Waals surface area contributed by atoms with E-state index in [9.17, 15) is 24.5 Å². The molecule has 0 aliphatic carbocycles. The Labute approximate surface area is 179 Å². The monoisotopic (exact) mass is 428 g/mol. The Kier molecular flexibility index (Phi) is 7.47. The van der Waals surface area contributed by atoms with Crippen molar-refractivity contribution in [1.29, 1.82) is 0 Å². The molecule has 1 amide bonds. The zero-order valence-corrected chi connectivity index (χ0v) is 17.7. The number of non-ortho nitro benzene ring substituents is 1. The second-order valence-electron chi connectivity index (χ2n) is 7.76. The van der Waals surface area contributed by atoms with Gasteiger partial charge in [0.2, 0.25) is 0 Å². The van der Waals surface area contributed by atoms with Gasteiger partial charge in [0.05, 0.1) is 17.6 Å². The average Bonchev–Trinajstić information content (AvgIpc) is 2.71. The smallest absolute Gasteiger partial charge is 0.338 e. The first-order valence-electron chi connectivity index (χ1n) is 9.45. The van der Waals surface area contributed by atoms with Crippen LogP contribution in [0.4, 0.5) is 5.69 Å². The maximum absolute atomic E-state index is 12.5. The summed E-state index contributed by atoms with van der Waals surface area (Å²) in [6.45, 7) is 5.30. The Balaban J connectivity index is 2.14. The van der Waals surface area contributed by atoms with Crippen LogP contribution in [-0.4, -0.2) is 41.5 Å². The van der Waals surface area contributed by atoms with Crippen LogP contribution in [0.1, 0.15) is 47.1 Å². The number of ether oxygens (including phenoxy) is 2. The van der Waals surface area contributed by atoms with Gasteiger partial charge in [0, 0.05) is 24.1 Å². The summed E-state index contributed by atoms with van der Waals surface area (Å²) < 4.78 is 10.1. The van der Waals surface area contributed by atoms with Gasteiger partial charge in [0.25, 0.3) is 11.6 Å². The highest BCUT2D eigenvalue weighted by Crippen LogP contribution is 2.15. The lowest BCUT2D eigenvalue weighted by Crippen LogP contribution is -2.43. The number of esters is 2. The number of amides is 1. The number of carbonyl (C=O) groups is 3. The van der Waals surface area contributed by atoms with Crippen molar-refractivity contribution in [2.24, 2.45) is 0 Å². The topological polar surface area (TPSA) is 125 Å². The van der Waals surface area contributed by atoms with Crippen LogP contribution in [0.25, 0.3) is 0 Å². The number of methoxy groups -OCH3 is 1. The lowest BCUT2D eigenvalue weighted by atomic mass is 10.0. The van der Waals surface area contributed by atoms with Crippen molar-refractivity contribution in [3.63, 3.8) is 0 Å². The first kappa shape index (κ1) is 23.5. The van der Waals surface area contributed by atoms with Gasteiger partial charge in [-0.1, -0.05) is 18.2 Å². The van der Waals surface area contributed by atoms with Gasteiger partial charge in [-0.3, -0.25) is 14.9 Å². The number of nitro groups is 1. The van der Waals surface area contributed by atoms with E-state index in [1.807, 2.05) is 0 Å². The second-order valence-corrected chi connectivity index (χ2v) is 7.76. The summed E-state index contributed by atoms with van der Waals surface area (Å²) in [4.78, 5) is 47.1. The van der Waals surface area contributed by atoms with Gasteiger partial charge in [-0.15, -0.1) is 0 Å². The quantitative estimate of drug-likeness (QED) is 0.408. The van der Waals surface area contributed by atoms with Crippen molar-refractivity contribution >= 4 is 23.5 Å². The summed E-state index contributed by atoms with van der Waals surface area (Å²) in [5.41, 5.74) is 0.210. The Morgan fingerprint density at radius 2 is 1.71 bits per heavy atom. The van der Waals surface area contributed by atoms with Crippen LogP contribution in [0.3, 0.4) is 0 Å². The molecule has 2 rings (SSSR count). The molecule has 2 aromatic carbocycles. The summed E-state index contributed by atoms with van der Waals surface area (Å²) in [5, 5.41) is 13.5. The van der Waals surface area contributed by atoms with Gasteiger partial charge >= 0.3 is 11.9 Å². The molecule has 0 bridgehead atoms. The van der Waals surface area contributed by atoms with E-state index in [-0.39, 0.29) is 17.7 Å². The predicted molar refractivity (Wildman–Crippen MR) is 112 cm³/mol. The molecule has 0 fully saturated rings. The highest BCUT2D eigenvalue weighted by atomic mass is 16.6. The third-order valence-electron chi connectivity index (χ3n) is 4.14. The van der Waals surface area contributed by atoms with Crippen LogP contribution in [-0.2, 0) is 20.7 Å². The molecule has 0 saturated carbocycles. The van der Waals surface area contributed by atoms with Crippen molar-refractivity contribution in [3.8, 4) is 0 Å². The first-order chi connectivity index (χ1) is 14.5. The molecule has 0 aliphatic rings. The number of nitrogens with one attached hydrogen (secondary N) is 1. The van der Waals surface area contributed by atoms with E-state index in [2.05, 4.69) is 5.32 Å². The molecule has 31 heavy (non-hydrogen) atoms. The number of hydrogen-bond donors (Lipinski definition) is 1. The molecule has 0 radical (unpaired) electrons. The fourth-order valence-corrected chi connectivity index (χ4v) is 2.69. The Morgan fingerprint density at radius 1 is 1.06 bits per heavy atom. The molecule has 9 heteroatoms. The molecule has 0 aromatic heterocycles. The van der Waals surface area contributed by atoms with Gasteiger partial charge in [0.15, 0.2) is 0 Å². The Hall–Kier alpha value is -3.75. The molecule has 0 saturated heterocycles. The van der Waals surface area contributed by atoms with Crippen LogP contribution in [0.2, 0.25) is 0 Å². The van der Waals surface area contributed by atoms with E-state index in [1.165, 1.54) is 25.3 Å². The normalized spacial score (nSPS) is 11.9. The minimum atomic E-state index is -1.02. The number of rotatable bonds is 7. The number of nitrogens with zero attached hydrogens (tertiary/aromatic N) is 1. The molecule has 2 aromatic rings. The van der Waals surface area contributed by atoms with Gasteiger partial charge in [-0.2, -0.15) is 0 Å². The highest BCUT2D eigenvalue weighted by Gasteiger charge is 2.24. The van der Waals surface area contributed by atoms with E-state index in [0.717, 1.165) is 6.07 Å². The van der Waals surface area contributed by atoms with E-state index in [4.69, 9.17) is 9.47 Å². The SMILES string of the molecule is COC(=O)[C@H](Cc1ccc(C(=O)OC(C)(C)C)cc1)NC(=O)c1cccc([N+](=O)[O-])c1. The fraction of sp³-hybridized carbons (Fsp3) is 0.318. The largest absolute Gasteiger partial charge is 0.467 e. The first-order valence-corrected chi connectivity index (χ1v) is 9.45. The molecule has 0 heterocycles. The summed E-state index contributed by atoms with van der Waals surface area (Å²) in [6, 6.07) is 10.6. The standard InChI is InChI=1S/C22H24N2O7/c1-22(2,3)31-20(26)15-10-8-14(9-11-15)12-18(21(27)30-4)23-19(25)16-6-5-7-17(13-16)24(28)29/h5-11,13,18H,12H2,1-4H3,(H,23,25)/t18-/m0/s1. The lowest BCUT2D eigenvalue weighted by Gasteiger charge is -2.20. The van der Waals surface area contributed by atoms with E-state index >= 15 is 0 Å². The minimum Gasteiger partial charge on any atom is -0.467 e. The number of carbonyl (C=O) groups excluding carboxylic acids is 3. The summed E-state index contributed by atoms with van der Waals surface area (Å²) in [7, 11) is 1.19. The zero-order valence-electron chi connectivity index (χ0n) is 17.7. The zero-order chi connectivity index (χ0) is 23.2. The highest BCUT2D eigenvalue weighted by molar-refractivity contribution is 5.97. The third kappa shape index (κ3) is 6.91. The van der Waals surface area contributed by atoms with Crippen LogP contribution in [0.5, 0.6) is 0 Å². The number of hydrogen-bond acceptors (Lipinski definition) is 7. The molecule has 0 spiro atoms. The summed E-state index contributed by atoms with van der Waals surface area (Å²) in [5.74, 6) is -1.79. The van der Waals surface area contributed by atoms with Crippen molar-refractivity contribution in [1.82, 2.24) is 5.32 Å². The maximum atomic E-state index is 12.5. The van der Waals surface area contributed by atoms with Crippen LogP contribution in [0, 0.1) is 10.1 Å². The van der Waals surface area contributed by atoms with Crippen molar-refractivity contribution < 1.29 is 28.8 Å². The molecule has 1 N–H and O–H groups in total. The van der Waals surface area contributed by atoms with Crippen molar-refractivity contribution in [2.45, 2.75) is 38.8 Å². The van der Waals surface area contributed by atoms with E-state index in [1.54, 1.807) is 45.0 Å². The van der Waals surface area contributed by atoms with Crippen LogP contribution < -0.4 is 5.32 Å². The molecular formula is C22H24N2O7. The second kappa shape index (κ2) is 9.84. The van der Waals surface area contributed by atoms with E-state index in [0.29, 0.717) is 11.1 Å². The fourth-order valence-electron chi connectivity index (χ4n) is 2.69. The molecular weight excluding hydrogens is 404 g/mol. The van der Waals surface area contributed by atoms with Gasteiger partial charge in [-0.25, -0.2) is 9.59 Å². The molecule has 1 atom stereocenters. The molecule has 164 valence electrons. The predicted octanol–water partition coefficient (Wildman–Crippen LogP) is 3.06. The minimum absolute atomic E-state index is 0.0448. The Bertz CT molecular complexity index is 978. The molecule has 9 nitrogen and oxygen atoms in total. The number of benzene rings is 2. The van der Waals surface area contributed by atoms with Gasteiger partial charge in [-0.05, 0) is 44.5 Å². The van der Waals surface area contributed by atoms with Crippen molar-refractivity contribution in [2.75, 3.05) is 7.11 Å². The average molecular weight is 428 g/mol. The van der Waals surface area contributed by atoms with Gasteiger partial charge in [0.1, 0.15) is 11.6 Å². The third-order valence-corrected chi connectivity index (χ3v) is 4.14. The van der Waals surface area contributed by atoms with E-state index < -0.39 is 34.4 Å². The molecule has 0 aliphatic heterocycles. The van der Waals surface area contributed by atoms with Gasteiger partial charge < -0.3 is 14.8 Å².